The first-order valence-electron chi connectivity index (χ1n) is 9.91. The first kappa shape index (κ1) is 21.4. The maximum atomic E-state index is 13.1. The highest BCUT2D eigenvalue weighted by Gasteiger charge is 2.17. The average molecular weight is 410 g/mol. The highest BCUT2D eigenvalue weighted by atomic mass is 16.6. The van der Waals surface area contributed by atoms with Crippen LogP contribution in [0.3, 0.4) is 0 Å². The van der Waals surface area contributed by atoms with Gasteiger partial charge in [-0.1, -0.05) is 32.9 Å². The Labute approximate surface area is 175 Å². The summed E-state index contributed by atoms with van der Waals surface area (Å²) in [4.78, 5) is 24.5. The number of rotatable bonds is 7. The van der Waals surface area contributed by atoms with Crippen molar-refractivity contribution >= 4 is 16.9 Å². The standard InChI is InChI=1S/C24H26O6/c1-6-16-11-19-21(12-20(16)28-13-22(25)27-5)29-15(4)24(23(19)26)30-18-9-7-17(8-10-18)14(2)3/h7-12,14H,6,13H2,1-5H3. The molecular formula is C24H26O6. The number of ether oxygens (including phenoxy) is 3. The molecule has 0 spiro atoms. The van der Waals surface area contributed by atoms with Crippen molar-refractivity contribution in [2.24, 2.45) is 0 Å². The van der Waals surface area contributed by atoms with Crippen LogP contribution < -0.4 is 14.9 Å². The topological polar surface area (TPSA) is 75.0 Å². The SMILES string of the molecule is CCc1cc2c(=O)c(Oc3ccc(C(C)C)cc3)c(C)oc2cc1OCC(=O)OC. The molecule has 0 bridgehead atoms. The van der Waals surface area contributed by atoms with Crippen molar-refractivity contribution in [3.63, 3.8) is 0 Å². The van der Waals surface area contributed by atoms with E-state index in [4.69, 9.17) is 13.9 Å². The second-order valence-corrected chi connectivity index (χ2v) is 7.32. The monoisotopic (exact) mass is 410 g/mol. The van der Waals surface area contributed by atoms with E-state index in [1.807, 2.05) is 31.2 Å². The fourth-order valence-electron chi connectivity index (χ4n) is 3.12. The molecule has 6 heteroatoms. The average Bonchev–Trinajstić information content (AvgIpc) is 2.74. The van der Waals surface area contributed by atoms with Gasteiger partial charge < -0.3 is 18.6 Å². The van der Waals surface area contributed by atoms with E-state index in [1.54, 1.807) is 19.1 Å². The van der Waals surface area contributed by atoms with Crippen LogP contribution in [0.25, 0.3) is 11.0 Å². The first-order chi connectivity index (χ1) is 14.3. The molecule has 0 aliphatic heterocycles. The molecular weight excluding hydrogens is 384 g/mol. The molecule has 0 aliphatic rings. The van der Waals surface area contributed by atoms with Gasteiger partial charge in [-0.25, -0.2) is 4.79 Å². The number of carbonyl (C=O) groups is 1. The third kappa shape index (κ3) is 4.48. The summed E-state index contributed by atoms with van der Waals surface area (Å²) in [7, 11) is 1.30. The van der Waals surface area contributed by atoms with Gasteiger partial charge in [0.1, 0.15) is 22.8 Å². The van der Waals surface area contributed by atoms with Crippen LogP contribution in [-0.4, -0.2) is 19.7 Å². The van der Waals surface area contributed by atoms with Gasteiger partial charge in [0.05, 0.1) is 12.5 Å². The van der Waals surface area contributed by atoms with E-state index < -0.39 is 5.97 Å². The minimum absolute atomic E-state index is 0.157. The Morgan fingerprint density at radius 3 is 2.43 bits per heavy atom. The molecule has 0 fully saturated rings. The van der Waals surface area contributed by atoms with E-state index in [-0.39, 0.29) is 17.8 Å². The predicted molar refractivity (Wildman–Crippen MR) is 115 cm³/mol. The lowest BCUT2D eigenvalue weighted by molar-refractivity contribution is -0.142. The van der Waals surface area contributed by atoms with E-state index in [2.05, 4.69) is 18.6 Å². The summed E-state index contributed by atoms with van der Waals surface area (Å²) >= 11 is 0. The number of hydrogen-bond acceptors (Lipinski definition) is 6. The summed E-state index contributed by atoms with van der Waals surface area (Å²) in [6.07, 6.45) is 0.618. The zero-order valence-electron chi connectivity index (χ0n) is 17.9. The van der Waals surface area contributed by atoms with Crippen molar-refractivity contribution < 1.29 is 23.4 Å². The van der Waals surface area contributed by atoms with Gasteiger partial charge >= 0.3 is 5.97 Å². The molecule has 2 aromatic carbocycles. The molecule has 6 nitrogen and oxygen atoms in total. The summed E-state index contributed by atoms with van der Waals surface area (Å²) in [6, 6.07) is 11.0. The van der Waals surface area contributed by atoms with Gasteiger partial charge in [-0.2, -0.15) is 0 Å². The molecule has 30 heavy (non-hydrogen) atoms. The first-order valence-corrected chi connectivity index (χ1v) is 9.91. The summed E-state index contributed by atoms with van der Waals surface area (Å²) in [5, 5.41) is 0.400. The van der Waals surface area contributed by atoms with E-state index in [9.17, 15) is 9.59 Å². The number of aryl methyl sites for hydroxylation is 2. The molecule has 1 heterocycles. The summed E-state index contributed by atoms with van der Waals surface area (Å²) in [5.74, 6) is 1.50. The molecule has 1 aromatic heterocycles. The second kappa shape index (κ2) is 9.03. The van der Waals surface area contributed by atoms with Crippen LogP contribution >= 0.6 is 0 Å². The molecule has 0 atom stereocenters. The maximum absolute atomic E-state index is 13.1. The zero-order chi connectivity index (χ0) is 21.8. The Morgan fingerprint density at radius 2 is 1.83 bits per heavy atom. The van der Waals surface area contributed by atoms with Crippen LogP contribution in [-0.2, 0) is 16.0 Å². The van der Waals surface area contributed by atoms with Crippen LogP contribution in [0.15, 0.2) is 45.6 Å². The van der Waals surface area contributed by atoms with E-state index >= 15 is 0 Å². The van der Waals surface area contributed by atoms with Gasteiger partial charge in [0.25, 0.3) is 0 Å². The van der Waals surface area contributed by atoms with E-state index in [1.165, 1.54) is 12.7 Å². The van der Waals surface area contributed by atoms with E-state index in [0.717, 1.165) is 5.56 Å². The Morgan fingerprint density at radius 1 is 1.13 bits per heavy atom. The number of esters is 1. The van der Waals surface area contributed by atoms with E-state index in [0.29, 0.717) is 40.6 Å². The number of methoxy groups -OCH3 is 1. The maximum Gasteiger partial charge on any atom is 0.343 e. The smallest absolute Gasteiger partial charge is 0.343 e. The Balaban J connectivity index is 1.99. The van der Waals surface area contributed by atoms with Crippen LogP contribution in [0.4, 0.5) is 0 Å². The van der Waals surface area contributed by atoms with Crippen LogP contribution in [0.5, 0.6) is 17.2 Å². The van der Waals surface area contributed by atoms with Crippen molar-refractivity contribution in [3.8, 4) is 17.2 Å². The second-order valence-electron chi connectivity index (χ2n) is 7.32. The number of carbonyl (C=O) groups excluding carboxylic acids is 1. The minimum Gasteiger partial charge on any atom is -0.481 e. The van der Waals surface area contributed by atoms with Gasteiger partial charge in [-0.15, -0.1) is 0 Å². The fourth-order valence-corrected chi connectivity index (χ4v) is 3.12. The largest absolute Gasteiger partial charge is 0.481 e. The number of fused-ring (bicyclic) bond motifs is 1. The molecule has 0 saturated heterocycles. The Hall–Kier alpha value is -3.28. The van der Waals surface area contributed by atoms with Gasteiger partial charge in [0.15, 0.2) is 6.61 Å². The number of benzene rings is 2. The van der Waals surface area contributed by atoms with Gasteiger partial charge in [-0.3, -0.25) is 4.79 Å². The van der Waals surface area contributed by atoms with Crippen LogP contribution in [0.1, 0.15) is 43.6 Å². The molecule has 3 aromatic rings. The van der Waals surface area contributed by atoms with Crippen molar-refractivity contribution in [3.05, 3.63) is 63.5 Å². The minimum atomic E-state index is -0.484. The van der Waals surface area contributed by atoms with Crippen LogP contribution in [0.2, 0.25) is 0 Å². The summed E-state index contributed by atoms with van der Waals surface area (Å²) in [6.45, 7) is 7.64. The molecule has 0 radical (unpaired) electrons. The normalized spacial score (nSPS) is 11.0. The van der Waals surface area contributed by atoms with Gasteiger partial charge in [0.2, 0.25) is 11.2 Å². The quantitative estimate of drug-likeness (QED) is 0.503. The lowest BCUT2D eigenvalue weighted by atomic mass is 10.0. The summed E-state index contributed by atoms with van der Waals surface area (Å²) in [5.41, 5.74) is 2.10. The molecule has 158 valence electrons. The van der Waals surface area contributed by atoms with Gasteiger partial charge in [0, 0.05) is 6.07 Å². The highest BCUT2D eigenvalue weighted by Crippen LogP contribution is 2.30. The fraction of sp³-hybridized carbons (Fsp3) is 0.333. The highest BCUT2D eigenvalue weighted by molar-refractivity contribution is 5.81. The lowest BCUT2D eigenvalue weighted by Gasteiger charge is -2.13. The van der Waals surface area contributed by atoms with Crippen molar-refractivity contribution in [1.82, 2.24) is 0 Å². The van der Waals surface area contributed by atoms with Gasteiger partial charge in [-0.05, 0) is 48.6 Å². The molecule has 0 amide bonds. The van der Waals surface area contributed by atoms with Crippen molar-refractivity contribution in [1.29, 1.82) is 0 Å². The molecule has 0 saturated carbocycles. The van der Waals surface area contributed by atoms with Crippen molar-refractivity contribution in [2.45, 2.75) is 40.0 Å². The zero-order valence-corrected chi connectivity index (χ0v) is 17.9. The Bertz CT molecular complexity index is 1110. The Kier molecular flexibility index (Phi) is 6.45. The van der Waals surface area contributed by atoms with Crippen LogP contribution in [0, 0.1) is 6.92 Å². The van der Waals surface area contributed by atoms with Crippen molar-refractivity contribution in [2.75, 3.05) is 13.7 Å². The third-order valence-corrected chi connectivity index (χ3v) is 4.92. The molecule has 3 rings (SSSR count). The molecule has 0 aliphatic carbocycles. The predicted octanol–water partition coefficient (Wildman–Crippen LogP) is 5.13. The summed E-state index contributed by atoms with van der Waals surface area (Å²) < 4.78 is 21.9. The lowest BCUT2D eigenvalue weighted by Crippen LogP contribution is -2.14. The third-order valence-electron chi connectivity index (χ3n) is 4.92. The molecule has 0 unspecified atom stereocenters. The number of hydrogen-bond donors (Lipinski definition) is 0. The molecule has 0 N–H and O–H groups in total.